The molecular formula is C21H32ClN5O4S3. The maximum Gasteiger partial charge on any atom is 0.281 e. The molecule has 2 unspecified atom stereocenters. The number of nitrogens with zero attached hydrogens (tertiary/aromatic N) is 5. The van der Waals surface area contributed by atoms with E-state index in [0.29, 0.717) is 34.0 Å². The summed E-state index contributed by atoms with van der Waals surface area (Å²) in [6, 6.07) is 3.79. The number of thiophene rings is 1. The van der Waals surface area contributed by atoms with Crippen LogP contribution in [0.2, 0.25) is 4.34 Å². The fraction of sp³-hybridized carbons (Fsp3) is 0.667. The van der Waals surface area contributed by atoms with Crippen LogP contribution in [-0.4, -0.2) is 78.6 Å². The Morgan fingerprint density at radius 2 is 2.09 bits per heavy atom. The van der Waals surface area contributed by atoms with E-state index >= 15 is 0 Å². The van der Waals surface area contributed by atoms with Crippen LogP contribution >= 0.6 is 34.7 Å². The Labute approximate surface area is 215 Å². The molecule has 1 fully saturated rings. The molecule has 34 heavy (non-hydrogen) atoms. The number of halogens is 1. The number of piperidine rings is 1. The van der Waals surface area contributed by atoms with Gasteiger partial charge in [-0.15, -0.1) is 16.4 Å². The first-order valence-electron chi connectivity index (χ1n) is 10.9. The molecule has 3 heterocycles. The van der Waals surface area contributed by atoms with E-state index in [-0.39, 0.29) is 30.9 Å². The normalized spacial score (nSPS) is 20.2. The van der Waals surface area contributed by atoms with Crippen molar-refractivity contribution in [3.8, 4) is 0 Å². The monoisotopic (exact) mass is 549 g/mol. The molecule has 0 saturated carbocycles. The highest BCUT2D eigenvalue weighted by molar-refractivity contribution is 7.98. The number of carbonyl (C=O) groups is 1. The fourth-order valence-corrected chi connectivity index (χ4v) is 7.00. The quantitative estimate of drug-likeness (QED) is 0.438. The Morgan fingerprint density at radius 3 is 2.68 bits per heavy atom. The average Bonchev–Trinajstić information content (AvgIpc) is 3.37. The standard InChI is InChI=1S/C21H32ClN5O4S3/c1-14-9-10-26(34(29,30)25(4)5)11-16(14)18-23-20(32-12-15-7-8-17(22)33-15)27(24-18)19(28)21(2,3)13-31-6/h7-8,14,16H,9-13H2,1-6H3. The first kappa shape index (κ1) is 27.6. The summed E-state index contributed by atoms with van der Waals surface area (Å²) in [6.07, 6.45) is 0.686. The van der Waals surface area contributed by atoms with E-state index in [1.165, 1.54) is 50.5 Å². The molecule has 0 spiro atoms. The number of carbonyl (C=O) groups excluding carboxylic acids is 1. The summed E-state index contributed by atoms with van der Waals surface area (Å²) in [5.41, 5.74) is -0.806. The summed E-state index contributed by atoms with van der Waals surface area (Å²) in [5.74, 6) is 0.800. The number of methoxy groups -OCH3 is 1. The van der Waals surface area contributed by atoms with Gasteiger partial charge in [-0.25, -0.2) is 4.98 Å². The summed E-state index contributed by atoms with van der Waals surface area (Å²) in [7, 11) is 1.05. The lowest BCUT2D eigenvalue weighted by molar-refractivity contribution is 0.0512. The third-order valence-electron chi connectivity index (χ3n) is 5.88. The summed E-state index contributed by atoms with van der Waals surface area (Å²) in [5, 5.41) is 5.11. The van der Waals surface area contributed by atoms with Crippen LogP contribution in [0.3, 0.4) is 0 Å². The molecular weight excluding hydrogens is 518 g/mol. The minimum absolute atomic E-state index is 0.167. The molecule has 1 aliphatic heterocycles. The van der Waals surface area contributed by atoms with Gasteiger partial charge in [-0.05, 0) is 38.3 Å². The molecule has 0 N–H and O–H groups in total. The molecule has 2 atom stereocenters. The van der Waals surface area contributed by atoms with Crippen molar-refractivity contribution < 1.29 is 17.9 Å². The number of hydrogen-bond acceptors (Lipinski definition) is 8. The lowest BCUT2D eigenvalue weighted by atomic mass is 9.87. The van der Waals surface area contributed by atoms with E-state index in [4.69, 9.17) is 21.3 Å². The Balaban J connectivity index is 1.95. The number of ether oxygens (including phenoxy) is 1. The summed E-state index contributed by atoms with van der Waals surface area (Å²) >= 11 is 8.96. The molecule has 3 rings (SSSR count). The molecule has 0 aliphatic carbocycles. The highest BCUT2D eigenvalue weighted by Crippen LogP contribution is 2.35. The van der Waals surface area contributed by atoms with Crippen molar-refractivity contribution in [2.45, 2.75) is 44.0 Å². The van der Waals surface area contributed by atoms with Gasteiger partial charge in [-0.2, -0.15) is 21.7 Å². The Bertz CT molecular complexity index is 1120. The third kappa shape index (κ3) is 6.03. The molecule has 13 heteroatoms. The molecule has 0 amide bonds. The Kier molecular flexibility index (Phi) is 8.87. The second-order valence-corrected chi connectivity index (χ2v) is 14.2. The lowest BCUT2D eigenvalue weighted by Gasteiger charge is -2.36. The topological polar surface area (TPSA) is 97.6 Å². The maximum atomic E-state index is 13.4. The van der Waals surface area contributed by atoms with Crippen molar-refractivity contribution in [1.82, 2.24) is 23.4 Å². The van der Waals surface area contributed by atoms with Crippen LogP contribution in [0, 0.1) is 11.3 Å². The maximum absolute atomic E-state index is 13.4. The van der Waals surface area contributed by atoms with Crippen LogP contribution in [0.1, 0.15) is 48.6 Å². The van der Waals surface area contributed by atoms with E-state index in [2.05, 4.69) is 12.0 Å². The number of aromatic nitrogens is 3. The largest absolute Gasteiger partial charge is 0.384 e. The minimum atomic E-state index is -3.55. The first-order valence-corrected chi connectivity index (χ1v) is 14.5. The average molecular weight is 550 g/mol. The van der Waals surface area contributed by atoms with Crippen LogP contribution in [0.15, 0.2) is 17.3 Å². The van der Waals surface area contributed by atoms with E-state index in [1.807, 2.05) is 26.0 Å². The van der Waals surface area contributed by atoms with Gasteiger partial charge in [-0.1, -0.05) is 30.3 Å². The fourth-order valence-electron chi connectivity index (χ4n) is 3.79. The van der Waals surface area contributed by atoms with E-state index < -0.39 is 15.6 Å². The van der Waals surface area contributed by atoms with Crippen molar-refractivity contribution in [3.05, 3.63) is 27.2 Å². The molecule has 9 nitrogen and oxygen atoms in total. The van der Waals surface area contributed by atoms with Crippen LogP contribution in [0.5, 0.6) is 0 Å². The minimum Gasteiger partial charge on any atom is -0.384 e. The van der Waals surface area contributed by atoms with Crippen molar-refractivity contribution >= 4 is 50.8 Å². The van der Waals surface area contributed by atoms with Crippen LogP contribution in [0.4, 0.5) is 0 Å². The second kappa shape index (κ2) is 10.9. The number of rotatable bonds is 9. The molecule has 0 bridgehead atoms. The van der Waals surface area contributed by atoms with Gasteiger partial charge in [0.05, 0.1) is 16.4 Å². The highest BCUT2D eigenvalue weighted by Gasteiger charge is 2.38. The van der Waals surface area contributed by atoms with Crippen LogP contribution < -0.4 is 0 Å². The first-order chi connectivity index (χ1) is 15.9. The van der Waals surface area contributed by atoms with E-state index in [1.54, 1.807) is 7.11 Å². The molecule has 1 aliphatic rings. The zero-order chi connectivity index (χ0) is 25.3. The van der Waals surface area contributed by atoms with Gasteiger partial charge in [0.25, 0.3) is 16.1 Å². The summed E-state index contributed by atoms with van der Waals surface area (Å²) in [4.78, 5) is 19.2. The van der Waals surface area contributed by atoms with Gasteiger partial charge in [0.1, 0.15) is 0 Å². The predicted octanol–water partition coefficient (Wildman–Crippen LogP) is 3.83. The van der Waals surface area contributed by atoms with Gasteiger partial charge in [-0.3, -0.25) is 4.79 Å². The highest BCUT2D eigenvalue weighted by atomic mass is 35.5. The molecule has 0 aromatic carbocycles. The molecule has 1 saturated heterocycles. The summed E-state index contributed by atoms with van der Waals surface area (Å²) < 4.78 is 35.5. The van der Waals surface area contributed by atoms with Crippen LogP contribution in [-0.2, 0) is 20.7 Å². The van der Waals surface area contributed by atoms with Crippen LogP contribution in [0.25, 0.3) is 0 Å². The van der Waals surface area contributed by atoms with Gasteiger partial charge >= 0.3 is 0 Å². The van der Waals surface area contributed by atoms with Gasteiger partial charge in [0.15, 0.2) is 11.0 Å². The molecule has 2 aromatic rings. The summed E-state index contributed by atoms with van der Waals surface area (Å²) in [6.45, 7) is 6.64. The van der Waals surface area contributed by atoms with Gasteiger partial charge < -0.3 is 4.74 Å². The van der Waals surface area contributed by atoms with Crippen molar-refractivity contribution in [2.75, 3.05) is 40.9 Å². The predicted molar refractivity (Wildman–Crippen MR) is 136 cm³/mol. The van der Waals surface area contributed by atoms with Crippen molar-refractivity contribution in [1.29, 1.82) is 0 Å². The molecule has 0 radical (unpaired) electrons. The van der Waals surface area contributed by atoms with E-state index in [9.17, 15) is 13.2 Å². The van der Waals surface area contributed by atoms with Gasteiger partial charge in [0.2, 0.25) is 0 Å². The lowest BCUT2D eigenvalue weighted by Crippen LogP contribution is -2.47. The van der Waals surface area contributed by atoms with Crippen molar-refractivity contribution in [3.63, 3.8) is 0 Å². The smallest absolute Gasteiger partial charge is 0.281 e. The van der Waals surface area contributed by atoms with Gasteiger partial charge in [0, 0.05) is 50.8 Å². The number of thioether (sulfide) groups is 1. The number of hydrogen-bond donors (Lipinski definition) is 0. The second-order valence-electron chi connectivity index (χ2n) is 9.30. The molecule has 2 aromatic heterocycles. The molecule has 190 valence electrons. The SMILES string of the molecule is COCC(C)(C)C(=O)n1nc(C2CN(S(=O)(=O)N(C)C)CCC2C)nc1SCc1ccc(Cl)s1. The van der Waals surface area contributed by atoms with Crippen molar-refractivity contribution in [2.24, 2.45) is 11.3 Å². The zero-order valence-electron chi connectivity index (χ0n) is 20.3. The Hall–Kier alpha value is -1.02. The van der Waals surface area contributed by atoms with E-state index in [0.717, 1.165) is 4.88 Å². The third-order valence-corrected chi connectivity index (χ3v) is 10.2. The Morgan fingerprint density at radius 1 is 1.38 bits per heavy atom. The zero-order valence-corrected chi connectivity index (χ0v) is 23.5.